The Hall–Kier alpha value is -3.14. The molecule has 2 aromatic heterocycles. The van der Waals surface area contributed by atoms with Gasteiger partial charge < -0.3 is 10.1 Å². The number of hydrogen-bond donors (Lipinski definition) is 1. The minimum Gasteiger partial charge on any atom is -0.462 e. The first-order chi connectivity index (χ1) is 18.5. The largest absolute Gasteiger partial charge is 0.462 e. The molecule has 5 rings (SSSR count). The summed E-state index contributed by atoms with van der Waals surface area (Å²) in [4.78, 5) is 27.0. The Morgan fingerprint density at radius 2 is 1.84 bits per heavy atom. The molecule has 0 spiro atoms. The van der Waals surface area contributed by atoms with E-state index in [1.165, 1.54) is 23.1 Å². The number of aryl methyl sites for hydroxylation is 1. The first-order valence-electron chi connectivity index (χ1n) is 12.5. The van der Waals surface area contributed by atoms with E-state index in [-0.39, 0.29) is 17.6 Å². The lowest BCUT2D eigenvalue weighted by Gasteiger charge is -2.12. The van der Waals surface area contributed by atoms with Crippen molar-refractivity contribution in [2.24, 2.45) is 0 Å². The summed E-state index contributed by atoms with van der Waals surface area (Å²) in [6, 6.07) is 17.5. The molecule has 38 heavy (non-hydrogen) atoms. The topological polar surface area (TPSA) is 86.1 Å². The van der Waals surface area contributed by atoms with Gasteiger partial charge in [-0.3, -0.25) is 9.36 Å². The van der Waals surface area contributed by atoms with Crippen molar-refractivity contribution in [2.45, 2.75) is 44.2 Å². The number of nitrogens with zero attached hydrogens (tertiary/aromatic N) is 3. The highest BCUT2D eigenvalue weighted by atomic mass is 35.5. The van der Waals surface area contributed by atoms with Gasteiger partial charge in [-0.05, 0) is 68.0 Å². The van der Waals surface area contributed by atoms with Crippen molar-refractivity contribution in [3.63, 3.8) is 0 Å². The van der Waals surface area contributed by atoms with Crippen LogP contribution in [0.1, 0.15) is 52.0 Å². The number of hydrogen-bond acceptors (Lipinski definition) is 7. The second kappa shape index (κ2) is 12.1. The van der Waals surface area contributed by atoms with E-state index >= 15 is 0 Å². The van der Waals surface area contributed by atoms with Crippen molar-refractivity contribution in [1.29, 1.82) is 0 Å². The van der Waals surface area contributed by atoms with Crippen LogP contribution in [0.2, 0.25) is 5.02 Å². The highest BCUT2D eigenvalue weighted by Gasteiger charge is 2.27. The van der Waals surface area contributed by atoms with Crippen LogP contribution >= 0.6 is 34.7 Å². The van der Waals surface area contributed by atoms with E-state index in [4.69, 9.17) is 16.3 Å². The van der Waals surface area contributed by atoms with Gasteiger partial charge in [-0.25, -0.2) is 4.79 Å². The second-order valence-corrected chi connectivity index (χ2v) is 11.3. The maximum Gasteiger partial charge on any atom is 0.341 e. The van der Waals surface area contributed by atoms with E-state index < -0.39 is 0 Å². The molecule has 196 valence electrons. The number of aromatic nitrogens is 3. The predicted molar refractivity (Wildman–Crippen MR) is 152 cm³/mol. The van der Waals surface area contributed by atoms with Crippen LogP contribution in [-0.4, -0.2) is 39.0 Å². The van der Waals surface area contributed by atoms with Crippen molar-refractivity contribution < 1.29 is 14.3 Å². The Morgan fingerprint density at radius 1 is 1.08 bits per heavy atom. The molecule has 0 saturated heterocycles. The zero-order valence-corrected chi connectivity index (χ0v) is 23.3. The van der Waals surface area contributed by atoms with E-state index in [1.807, 2.05) is 59.2 Å². The molecule has 0 bridgehead atoms. The third kappa shape index (κ3) is 5.95. The monoisotopic (exact) mass is 566 g/mol. The van der Waals surface area contributed by atoms with Gasteiger partial charge in [-0.1, -0.05) is 53.7 Å². The minimum absolute atomic E-state index is 0.113. The van der Waals surface area contributed by atoms with Gasteiger partial charge in [0.05, 0.1) is 17.9 Å². The van der Waals surface area contributed by atoms with Gasteiger partial charge in [-0.2, -0.15) is 0 Å². The Kier molecular flexibility index (Phi) is 8.46. The molecule has 0 aliphatic heterocycles. The van der Waals surface area contributed by atoms with E-state index in [9.17, 15) is 9.59 Å². The molecule has 2 aromatic carbocycles. The quantitative estimate of drug-likeness (QED) is 0.187. The number of fused-ring (bicyclic) bond motifs is 1. The van der Waals surface area contributed by atoms with Crippen LogP contribution < -0.4 is 5.32 Å². The van der Waals surface area contributed by atoms with E-state index in [2.05, 4.69) is 15.5 Å². The molecule has 1 N–H and O–H groups in total. The van der Waals surface area contributed by atoms with Crippen LogP contribution in [0, 0.1) is 0 Å². The van der Waals surface area contributed by atoms with Gasteiger partial charge in [0.25, 0.3) is 0 Å². The summed E-state index contributed by atoms with van der Waals surface area (Å²) in [6.45, 7) is 2.08. The first kappa shape index (κ1) is 26.5. The molecule has 0 atom stereocenters. The second-order valence-electron chi connectivity index (χ2n) is 8.85. The summed E-state index contributed by atoms with van der Waals surface area (Å²) < 4.78 is 7.26. The van der Waals surface area contributed by atoms with Gasteiger partial charge in [-0.15, -0.1) is 21.5 Å². The predicted octanol–water partition coefficient (Wildman–Crippen LogP) is 6.36. The van der Waals surface area contributed by atoms with Crippen LogP contribution in [0.25, 0.3) is 5.69 Å². The van der Waals surface area contributed by atoms with Crippen molar-refractivity contribution >= 4 is 51.6 Å². The number of nitrogens with one attached hydrogen (secondary N) is 1. The van der Waals surface area contributed by atoms with Crippen molar-refractivity contribution in [3.05, 3.63) is 87.0 Å². The van der Waals surface area contributed by atoms with Crippen molar-refractivity contribution in [3.8, 4) is 5.69 Å². The number of thiophene rings is 1. The summed E-state index contributed by atoms with van der Waals surface area (Å²) in [6.07, 6.45) is 4.47. The molecule has 0 saturated carbocycles. The van der Waals surface area contributed by atoms with Gasteiger partial charge in [0, 0.05) is 22.0 Å². The number of benzene rings is 2. The SMILES string of the molecule is CCOC(=O)c1c(NC(=O)CSc2nnc(Cc3ccccc3)n2-c2ccc(Cl)cc2)sc2c1CCCC2. The molecule has 1 aliphatic carbocycles. The number of anilines is 1. The highest BCUT2D eigenvalue weighted by molar-refractivity contribution is 7.99. The number of ether oxygens (including phenoxy) is 1. The average molecular weight is 567 g/mol. The molecule has 1 amide bonds. The van der Waals surface area contributed by atoms with Gasteiger partial charge in [0.15, 0.2) is 5.16 Å². The van der Waals surface area contributed by atoms with E-state index in [0.29, 0.717) is 33.8 Å². The Balaban J connectivity index is 1.36. The molecule has 7 nitrogen and oxygen atoms in total. The Bertz CT molecular complexity index is 1430. The van der Waals surface area contributed by atoms with Crippen molar-refractivity contribution in [2.75, 3.05) is 17.7 Å². The zero-order valence-electron chi connectivity index (χ0n) is 20.9. The smallest absolute Gasteiger partial charge is 0.341 e. The lowest BCUT2D eigenvalue weighted by Crippen LogP contribution is -2.17. The molecule has 0 radical (unpaired) electrons. The molecule has 10 heteroatoms. The summed E-state index contributed by atoms with van der Waals surface area (Å²) in [5, 5.41) is 13.6. The minimum atomic E-state index is -0.372. The van der Waals surface area contributed by atoms with Crippen LogP contribution in [0.4, 0.5) is 5.00 Å². The summed E-state index contributed by atoms with van der Waals surface area (Å²) in [7, 11) is 0. The van der Waals surface area contributed by atoms with Crippen LogP contribution in [0.15, 0.2) is 59.8 Å². The van der Waals surface area contributed by atoms with Crippen molar-refractivity contribution in [1.82, 2.24) is 14.8 Å². The lowest BCUT2D eigenvalue weighted by atomic mass is 9.95. The zero-order chi connectivity index (χ0) is 26.5. The third-order valence-corrected chi connectivity index (χ3v) is 8.61. The van der Waals surface area contributed by atoms with Gasteiger partial charge in [0.1, 0.15) is 10.8 Å². The van der Waals surface area contributed by atoms with Gasteiger partial charge in [0.2, 0.25) is 5.91 Å². The molecule has 2 heterocycles. The number of carbonyl (C=O) groups is 2. The number of carbonyl (C=O) groups excluding carboxylic acids is 2. The Morgan fingerprint density at radius 3 is 2.61 bits per heavy atom. The number of esters is 1. The molecule has 1 aliphatic rings. The fourth-order valence-electron chi connectivity index (χ4n) is 4.50. The molecule has 0 unspecified atom stereocenters. The van der Waals surface area contributed by atoms with E-state index in [0.717, 1.165) is 53.2 Å². The lowest BCUT2D eigenvalue weighted by molar-refractivity contribution is -0.113. The summed E-state index contributed by atoms with van der Waals surface area (Å²) in [5.41, 5.74) is 3.51. The molecular formula is C28H27ClN4O3S2. The summed E-state index contributed by atoms with van der Waals surface area (Å²) in [5.74, 6) is 0.288. The van der Waals surface area contributed by atoms with Gasteiger partial charge >= 0.3 is 5.97 Å². The Labute approximate surface area is 234 Å². The third-order valence-electron chi connectivity index (χ3n) is 6.23. The molecule has 4 aromatic rings. The van der Waals surface area contributed by atoms with E-state index in [1.54, 1.807) is 6.92 Å². The van der Waals surface area contributed by atoms with Crippen LogP contribution in [-0.2, 0) is 28.8 Å². The standard InChI is InChI=1S/C28H27ClN4O3S2/c1-2-36-27(35)25-21-10-6-7-11-22(21)38-26(25)30-24(34)17-37-28-32-31-23(16-18-8-4-3-5-9-18)33(28)20-14-12-19(29)13-15-20/h3-5,8-9,12-15H,2,6-7,10-11,16-17H2,1H3,(H,30,34). The fraction of sp³-hybridized carbons (Fsp3) is 0.286. The average Bonchev–Trinajstić information content (AvgIpc) is 3.49. The number of amides is 1. The number of thioether (sulfide) groups is 1. The maximum absolute atomic E-state index is 13.1. The fourth-order valence-corrected chi connectivity index (χ4v) is 6.69. The highest BCUT2D eigenvalue weighted by Crippen LogP contribution is 2.38. The first-order valence-corrected chi connectivity index (χ1v) is 14.7. The summed E-state index contributed by atoms with van der Waals surface area (Å²) >= 11 is 8.91. The normalized spacial score (nSPS) is 12.7. The number of rotatable bonds is 9. The number of halogens is 1. The molecular weight excluding hydrogens is 540 g/mol. The van der Waals surface area contributed by atoms with Crippen LogP contribution in [0.5, 0.6) is 0 Å². The molecule has 0 fully saturated rings. The van der Waals surface area contributed by atoms with Crippen LogP contribution in [0.3, 0.4) is 0 Å². The maximum atomic E-state index is 13.1.